The zero-order valence-corrected chi connectivity index (χ0v) is 10.0. The number of rotatable bonds is 4. The minimum Gasteiger partial charge on any atom is -0.288 e. The molecule has 1 nitrogen and oxygen atoms in total. The molecule has 0 saturated carbocycles. The molecule has 1 aromatic rings. The van der Waals surface area contributed by atoms with Crippen molar-refractivity contribution in [2.45, 2.75) is 20.3 Å². The molecule has 0 heterocycles. The largest absolute Gasteiger partial charge is 0.288 e. The molecule has 0 radical (unpaired) electrons. The normalized spacial score (nSPS) is 10.8. The lowest BCUT2D eigenvalue weighted by Crippen LogP contribution is -1.83. The Labute approximate surface area is 95.6 Å². The van der Waals surface area contributed by atoms with E-state index < -0.39 is 0 Å². The van der Waals surface area contributed by atoms with E-state index in [9.17, 15) is 4.79 Å². The van der Waals surface area contributed by atoms with Crippen LogP contribution in [0.4, 0.5) is 0 Å². The number of aryl methyl sites for hydroxylation is 1. The number of benzene rings is 1. The van der Waals surface area contributed by atoms with Crippen molar-refractivity contribution in [3.8, 4) is 0 Å². The van der Waals surface area contributed by atoms with Crippen molar-refractivity contribution in [2.24, 2.45) is 0 Å². The van der Waals surface area contributed by atoms with Crippen LogP contribution in [-0.4, -0.2) is 10.9 Å². The predicted octanol–water partition coefficient (Wildman–Crippen LogP) is 3.54. The predicted molar refractivity (Wildman–Crippen MR) is 68.0 cm³/mol. The van der Waals surface area contributed by atoms with Gasteiger partial charge in [-0.05, 0) is 17.5 Å². The first-order chi connectivity index (χ1) is 7.22. The van der Waals surface area contributed by atoms with Crippen LogP contribution in [-0.2, 0) is 11.2 Å². The first kappa shape index (κ1) is 12.1. The maximum atomic E-state index is 10.7. The molecule has 0 bridgehead atoms. The average Bonchev–Trinajstić information content (AvgIpc) is 2.24. The Kier molecular flexibility index (Phi) is 5.19. The maximum Gasteiger partial charge on any atom is 0.186 e. The minimum absolute atomic E-state index is 0.168. The number of hydrogen-bond donors (Lipinski definition) is 0. The molecule has 0 aliphatic carbocycles. The van der Waals surface area contributed by atoms with Gasteiger partial charge in [0.2, 0.25) is 0 Å². The van der Waals surface area contributed by atoms with Crippen LogP contribution in [0.25, 0.3) is 6.08 Å². The van der Waals surface area contributed by atoms with E-state index in [0.717, 1.165) is 12.2 Å². The fourth-order valence-corrected chi connectivity index (χ4v) is 1.69. The van der Waals surface area contributed by atoms with E-state index in [1.54, 1.807) is 6.92 Å². The van der Waals surface area contributed by atoms with Crippen molar-refractivity contribution in [1.82, 2.24) is 0 Å². The van der Waals surface area contributed by atoms with Crippen molar-refractivity contribution < 1.29 is 4.79 Å². The van der Waals surface area contributed by atoms with E-state index >= 15 is 0 Å². The van der Waals surface area contributed by atoms with Gasteiger partial charge >= 0.3 is 0 Å². The Hall–Kier alpha value is -1.02. The third-order valence-corrected chi connectivity index (χ3v) is 2.82. The Morgan fingerprint density at radius 3 is 2.93 bits per heavy atom. The molecule has 0 spiro atoms. The smallest absolute Gasteiger partial charge is 0.186 e. The van der Waals surface area contributed by atoms with E-state index in [4.69, 9.17) is 0 Å². The highest BCUT2D eigenvalue weighted by molar-refractivity contribution is 8.13. The summed E-state index contributed by atoms with van der Waals surface area (Å²) in [6, 6.07) is 8.45. The fraction of sp³-hybridized carbons (Fsp3) is 0.308. The topological polar surface area (TPSA) is 17.1 Å². The summed E-state index contributed by atoms with van der Waals surface area (Å²) in [6.07, 6.45) is 5.15. The molecule has 80 valence electrons. The van der Waals surface area contributed by atoms with Gasteiger partial charge in [-0.2, -0.15) is 0 Å². The molecule has 0 unspecified atom stereocenters. The molecule has 0 fully saturated rings. The molecule has 0 atom stereocenters. The van der Waals surface area contributed by atoms with Crippen LogP contribution in [0.15, 0.2) is 30.3 Å². The molecule has 0 aromatic heterocycles. The molecule has 0 N–H and O–H groups in total. The summed E-state index contributed by atoms with van der Waals surface area (Å²) in [4.78, 5) is 10.7. The highest BCUT2D eigenvalue weighted by Crippen LogP contribution is 2.09. The van der Waals surface area contributed by atoms with Crippen LogP contribution in [0, 0.1) is 0 Å². The quantitative estimate of drug-likeness (QED) is 0.772. The highest BCUT2D eigenvalue weighted by atomic mass is 32.2. The summed E-state index contributed by atoms with van der Waals surface area (Å²) in [5.41, 5.74) is 2.55. The number of thioether (sulfide) groups is 1. The summed E-state index contributed by atoms with van der Waals surface area (Å²) < 4.78 is 0. The highest BCUT2D eigenvalue weighted by Gasteiger charge is 1.91. The molecular formula is C13H16OS. The van der Waals surface area contributed by atoms with Gasteiger partial charge in [0.25, 0.3) is 0 Å². The molecule has 0 saturated heterocycles. The van der Waals surface area contributed by atoms with Gasteiger partial charge in [-0.15, -0.1) is 0 Å². The zero-order valence-electron chi connectivity index (χ0n) is 9.19. The molecule has 2 heteroatoms. The summed E-state index contributed by atoms with van der Waals surface area (Å²) in [6.45, 7) is 3.74. The second kappa shape index (κ2) is 6.46. The van der Waals surface area contributed by atoms with Gasteiger partial charge in [0.05, 0.1) is 0 Å². The standard InChI is InChI=1S/C13H16OS/c1-3-12-6-4-7-13(10-12)8-5-9-15-11(2)14/h4-8,10H,3,9H2,1-2H3. The second-order valence-electron chi connectivity index (χ2n) is 3.30. The molecule has 0 amide bonds. The average molecular weight is 220 g/mol. The minimum atomic E-state index is 0.168. The number of hydrogen-bond acceptors (Lipinski definition) is 2. The SMILES string of the molecule is CCc1cccc(C=CCSC(C)=O)c1. The number of carbonyl (C=O) groups excluding carboxylic acids is 1. The van der Waals surface area contributed by atoms with Crippen LogP contribution in [0.1, 0.15) is 25.0 Å². The molecular weight excluding hydrogens is 204 g/mol. The van der Waals surface area contributed by atoms with E-state index in [0.29, 0.717) is 0 Å². The molecule has 0 aliphatic heterocycles. The van der Waals surface area contributed by atoms with Crippen LogP contribution in [0.3, 0.4) is 0 Å². The van der Waals surface area contributed by atoms with Crippen LogP contribution < -0.4 is 0 Å². The second-order valence-corrected chi connectivity index (χ2v) is 4.50. The molecule has 1 aromatic carbocycles. The Bertz CT molecular complexity index is 355. The van der Waals surface area contributed by atoms with Gasteiger partial charge in [-0.3, -0.25) is 4.79 Å². The summed E-state index contributed by atoms with van der Waals surface area (Å²) in [7, 11) is 0. The van der Waals surface area contributed by atoms with Crippen LogP contribution in [0.5, 0.6) is 0 Å². The van der Waals surface area contributed by atoms with Crippen molar-refractivity contribution in [3.05, 3.63) is 41.5 Å². The number of carbonyl (C=O) groups is 1. The van der Waals surface area contributed by atoms with E-state index in [1.165, 1.54) is 22.9 Å². The molecule has 15 heavy (non-hydrogen) atoms. The summed E-state index contributed by atoms with van der Waals surface area (Å²) in [5, 5.41) is 0.168. The van der Waals surface area contributed by atoms with Crippen molar-refractivity contribution in [2.75, 3.05) is 5.75 Å². The maximum absolute atomic E-state index is 10.7. The Morgan fingerprint density at radius 1 is 1.47 bits per heavy atom. The Balaban J connectivity index is 2.52. The van der Waals surface area contributed by atoms with Crippen LogP contribution in [0.2, 0.25) is 0 Å². The summed E-state index contributed by atoms with van der Waals surface area (Å²) >= 11 is 1.33. The van der Waals surface area contributed by atoms with Crippen molar-refractivity contribution >= 4 is 23.0 Å². The third-order valence-electron chi connectivity index (χ3n) is 2.05. The van der Waals surface area contributed by atoms with Gasteiger partial charge in [0.1, 0.15) is 0 Å². The monoisotopic (exact) mass is 220 g/mol. The van der Waals surface area contributed by atoms with Gasteiger partial charge in [-0.1, -0.05) is 55.1 Å². The van der Waals surface area contributed by atoms with Gasteiger partial charge in [0.15, 0.2) is 5.12 Å². The third kappa shape index (κ3) is 4.84. The molecule has 1 rings (SSSR count). The lowest BCUT2D eigenvalue weighted by atomic mass is 10.1. The summed E-state index contributed by atoms with van der Waals surface area (Å²) in [5.74, 6) is 0.756. The van der Waals surface area contributed by atoms with E-state index in [2.05, 4.69) is 37.3 Å². The first-order valence-electron chi connectivity index (χ1n) is 5.11. The van der Waals surface area contributed by atoms with Gasteiger partial charge in [-0.25, -0.2) is 0 Å². The first-order valence-corrected chi connectivity index (χ1v) is 6.09. The van der Waals surface area contributed by atoms with E-state index in [1.807, 2.05) is 6.08 Å². The lowest BCUT2D eigenvalue weighted by Gasteiger charge is -1.98. The fourth-order valence-electron chi connectivity index (χ4n) is 1.27. The van der Waals surface area contributed by atoms with Crippen LogP contribution >= 0.6 is 11.8 Å². The Morgan fingerprint density at radius 2 is 2.27 bits per heavy atom. The molecule has 0 aliphatic rings. The van der Waals surface area contributed by atoms with E-state index in [-0.39, 0.29) is 5.12 Å². The zero-order chi connectivity index (χ0) is 11.1. The van der Waals surface area contributed by atoms with Crippen molar-refractivity contribution in [3.63, 3.8) is 0 Å². The van der Waals surface area contributed by atoms with Crippen molar-refractivity contribution in [1.29, 1.82) is 0 Å². The lowest BCUT2D eigenvalue weighted by molar-refractivity contribution is -0.109. The van der Waals surface area contributed by atoms with Gasteiger partial charge in [0, 0.05) is 12.7 Å². The van der Waals surface area contributed by atoms with Gasteiger partial charge < -0.3 is 0 Å².